The summed E-state index contributed by atoms with van der Waals surface area (Å²) < 4.78 is 0. The van der Waals surface area contributed by atoms with Crippen LogP contribution in [0.15, 0.2) is 29.4 Å². The van der Waals surface area contributed by atoms with Gasteiger partial charge in [-0.2, -0.15) is 9.90 Å². The average Bonchev–Trinajstić information content (AvgIpc) is 2.84. The molecule has 110 valence electrons. The van der Waals surface area contributed by atoms with Crippen molar-refractivity contribution in [2.24, 2.45) is 5.10 Å². The number of aromatic nitrogens is 4. The molecular weight excluding hydrogens is 270 g/mol. The summed E-state index contributed by atoms with van der Waals surface area (Å²) in [6.45, 7) is 4.18. The van der Waals surface area contributed by atoms with E-state index in [0.717, 1.165) is 10.4 Å². The van der Waals surface area contributed by atoms with Gasteiger partial charge in [0.2, 0.25) is 0 Å². The van der Waals surface area contributed by atoms with Crippen molar-refractivity contribution in [3.63, 3.8) is 0 Å². The van der Waals surface area contributed by atoms with E-state index in [0.29, 0.717) is 5.92 Å². The number of carbonyl (C=O) groups is 1. The number of carbonyl (C=O) groups excluding carboxylic acids is 1. The van der Waals surface area contributed by atoms with Crippen LogP contribution in [-0.4, -0.2) is 32.3 Å². The van der Waals surface area contributed by atoms with Gasteiger partial charge >= 0.3 is 0 Å². The van der Waals surface area contributed by atoms with Gasteiger partial charge in [-0.25, -0.2) is 5.43 Å². The van der Waals surface area contributed by atoms with Crippen LogP contribution in [0.4, 0.5) is 5.95 Å². The van der Waals surface area contributed by atoms with Crippen LogP contribution in [0.25, 0.3) is 0 Å². The second kappa shape index (κ2) is 6.60. The molecule has 0 fully saturated rings. The Morgan fingerprint density at radius 3 is 2.71 bits per heavy atom. The van der Waals surface area contributed by atoms with E-state index in [1.165, 1.54) is 5.56 Å². The van der Waals surface area contributed by atoms with Crippen LogP contribution in [0.3, 0.4) is 0 Å². The Hall–Kier alpha value is -2.77. The Kier molecular flexibility index (Phi) is 4.60. The Morgan fingerprint density at radius 2 is 2.14 bits per heavy atom. The number of tetrazole rings is 1. The molecule has 0 bridgehead atoms. The minimum absolute atomic E-state index is 0.0246. The van der Waals surface area contributed by atoms with Gasteiger partial charge < -0.3 is 5.73 Å². The summed E-state index contributed by atoms with van der Waals surface area (Å²) in [5.41, 5.74) is 9.85. The van der Waals surface area contributed by atoms with Gasteiger partial charge in [0.1, 0.15) is 6.54 Å². The Morgan fingerprint density at radius 1 is 1.43 bits per heavy atom. The van der Waals surface area contributed by atoms with E-state index >= 15 is 0 Å². The summed E-state index contributed by atoms with van der Waals surface area (Å²) >= 11 is 0. The van der Waals surface area contributed by atoms with Crippen LogP contribution in [0, 0.1) is 0 Å². The number of hydrogen-bond acceptors (Lipinski definition) is 6. The second-order valence-corrected chi connectivity index (χ2v) is 4.79. The van der Waals surface area contributed by atoms with Gasteiger partial charge in [0.05, 0.1) is 6.21 Å². The van der Waals surface area contributed by atoms with Crippen molar-refractivity contribution < 1.29 is 4.79 Å². The van der Waals surface area contributed by atoms with Crippen LogP contribution < -0.4 is 11.2 Å². The number of amides is 1. The number of anilines is 1. The van der Waals surface area contributed by atoms with E-state index in [1.807, 2.05) is 24.3 Å². The minimum atomic E-state index is -0.359. The molecule has 0 aliphatic heterocycles. The lowest BCUT2D eigenvalue weighted by Crippen LogP contribution is -2.24. The van der Waals surface area contributed by atoms with Crippen LogP contribution in [0.1, 0.15) is 30.9 Å². The van der Waals surface area contributed by atoms with Gasteiger partial charge in [-0.3, -0.25) is 4.79 Å². The van der Waals surface area contributed by atoms with Crippen molar-refractivity contribution in [1.29, 1.82) is 0 Å². The van der Waals surface area contributed by atoms with E-state index in [-0.39, 0.29) is 18.4 Å². The van der Waals surface area contributed by atoms with E-state index in [4.69, 9.17) is 5.73 Å². The molecule has 8 heteroatoms. The summed E-state index contributed by atoms with van der Waals surface area (Å²) in [5, 5.41) is 14.6. The molecule has 0 radical (unpaired) electrons. The topological polar surface area (TPSA) is 111 Å². The largest absolute Gasteiger partial charge is 0.365 e. The zero-order chi connectivity index (χ0) is 15.2. The van der Waals surface area contributed by atoms with Gasteiger partial charge in [0.25, 0.3) is 11.9 Å². The summed E-state index contributed by atoms with van der Waals surface area (Å²) in [7, 11) is 0. The molecule has 1 aromatic carbocycles. The lowest BCUT2D eigenvalue weighted by atomic mass is 10.0. The number of rotatable bonds is 5. The maximum atomic E-state index is 11.6. The van der Waals surface area contributed by atoms with Crippen molar-refractivity contribution in [2.75, 3.05) is 5.73 Å². The molecule has 0 aliphatic rings. The fourth-order valence-corrected chi connectivity index (χ4v) is 1.63. The Balaban J connectivity index is 1.85. The fourth-order valence-electron chi connectivity index (χ4n) is 1.63. The molecule has 1 heterocycles. The molecule has 0 spiro atoms. The van der Waals surface area contributed by atoms with Gasteiger partial charge in [0, 0.05) is 0 Å². The monoisotopic (exact) mass is 287 g/mol. The molecule has 1 aromatic heterocycles. The van der Waals surface area contributed by atoms with Crippen LogP contribution in [0.2, 0.25) is 0 Å². The van der Waals surface area contributed by atoms with Crippen molar-refractivity contribution in [1.82, 2.24) is 25.6 Å². The number of nitrogens with one attached hydrogen (secondary N) is 1. The highest BCUT2D eigenvalue weighted by atomic mass is 16.2. The van der Waals surface area contributed by atoms with E-state index in [9.17, 15) is 4.79 Å². The zero-order valence-electron chi connectivity index (χ0n) is 11.9. The van der Waals surface area contributed by atoms with Crippen LogP contribution in [0.5, 0.6) is 0 Å². The third-order valence-electron chi connectivity index (χ3n) is 2.76. The number of hydrogen-bond donors (Lipinski definition) is 2. The fraction of sp³-hybridized carbons (Fsp3) is 0.308. The first-order valence-electron chi connectivity index (χ1n) is 6.50. The smallest absolute Gasteiger partial charge is 0.263 e. The average molecular weight is 287 g/mol. The summed E-state index contributed by atoms with van der Waals surface area (Å²) in [6, 6.07) is 7.97. The molecule has 0 saturated heterocycles. The first-order chi connectivity index (χ1) is 10.0. The predicted octanol–water partition coefficient (Wildman–Crippen LogP) is 0.529. The molecule has 0 atom stereocenters. The van der Waals surface area contributed by atoms with Gasteiger partial charge in [-0.15, -0.1) is 5.10 Å². The minimum Gasteiger partial charge on any atom is -0.365 e. The molecule has 8 nitrogen and oxygen atoms in total. The normalized spacial score (nSPS) is 11.2. The molecule has 2 aromatic rings. The summed E-state index contributed by atoms with van der Waals surface area (Å²) in [5.74, 6) is 0.150. The standard InChI is InChI=1S/C13H17N7O/c1-9(2)11-5-3-10(4-6-11)7-15-16-12(21)8-20-18-13(14)17-19-20/h3-7,9H,8H2,1-2H3,(H2,14,18)(H,16,21). The maximum absolute atomic E-state index is 11.6. The quantitative estimate of drug-likeness (QED) is 0.615. The van der Waals surface area contributed by atoms with Crippen molar-refractivity contribution in [2.45, 2.75) is 26.3 Å². The van der Waals surface area contributed by atoms with Crippen molar-refractivity contribution >= 4 is 18.1 Å². The Labute approximate surface area is 122 Å². The number of hydrazone groups is 1. The van der Waals surface area contributed by atoms with Crippen LogP contribution in [-0.2, 0) is 11.3 Å². The molecule has 0 aliphatic carbocycles. The molecule has 1 amide bonds. The lowest BCUT2D eigenvalue weighted by Gasteiger charge is -2.04. The van der Waals surface area contributed by atoms with Crippen LogP contribution >= 0.6 is 0 Å². The lowest BCUT2D eigenvalue weighted by molar-refractivity contribution is -0.122. The summed E-state index contributed by atoms with van der Waals surface area (Å²) in [6.07, 6.45) is 1.57. The van der Waals surface area contributed by atoms with Crippen molar-refractivity contribution in [3.8, 4) is 0 Å². The number of nitrogens with zero attached hydrogens (tertiary/aromatic N) is 5. The highest BCUT2D eigenvalue weighted by molar-refractivity contribution is 5.82. The molecule has 2 rings (SSSR count). The van der Waals surface area contributed by atoms with E-state index < -0.39 is 0 Å². The Bertz CT molecular complexity index is 630. The van der Waals surface area contributed by atoms with Gasteiger partial charge in [0.15, 0.2) is 0 Å². The highest BCUT2D eigenvalue weighted by Gasteiger charge is 2.04. The first-order valence-corrected chi connectivity index (χ1v) is 6.50. The first kappa shape index (κ1) is 14.6. The molecule has 3 N–H and O–H groups in total. The predicted molar refractivity (Wildman–Crippen MR) is 78.5 cm³/mol. The molecule has 0 unspecified atom stereocenters. The molecule has 21 heavy (non-hydrogen) atoms. The third kappa shape index (κ3) is 4.37. The summed E-state index contributed by atoms with van der Waals surface area (Å²) in [4.78, 5) is 12.7. The number of nitrogens with two attached hydrogens (primary N) is 1. The molecule has 0 saturated carbocycles. The molecular formula is C13H17N7O. The van der Waals surface area contributed by atoms with Crippen molar-refractivity contribution in [3.05, 3.63) is 35.4 Å². The van der Waals surface area contributed by atoms with Gasteiger partial charge in [-0.05, 0) is 22.3 Å². The number of nitrogen functional groups attached to an aromatic ring is 1. The second-order valence-electron chi connectivity index (χ2n) is 4.79. The third-order valence-corrected chi connectivity index (χ3v) is 2.76. The highest BCUT2D eigenvalue weighted by Crippen LogP contribution is 2.13. The number of benzene rings is 1. The SMILES string of the molecule is CC(C)c1ccc(C=NNC(=O)Cn2nnc(N)n2)cc1. The maximum Gasteiger partial charge on any atom is 0.263 e. The zero-order valence-corrected chi connectivity index (χ0v) is 11.9. The van der Waals surface area contributed by atoms with E-state index in [2.05, 4.69) is 39.8 Å². The van der Waals surface area contributed by atoms with Gasteiger partial charge in [-0.1, -0.05) is 43.2 Å². The van der Waals surface area contributed by atoms with E-state index in [1.54, 1.807) is 6.21 Å².